The van der Waals surface area contributed by atoms with Crippen molar-refractivity contribution in [2.75, 3.05) is 13.1 Å². The van der Waals surface area contributed by atoms with Crippen molar-refractivity contribution < 1.29 is 9.59 Å². The minimum Gasteiger partial charge on any atom is -0.352 e. The Morgan fingerprint density at radius 3 is 2.63 bits per heavy atom. The largest absolute Gasteiger partial charge is 0.352 e. The number of rotatable bonds is 4. The van der Waals surface area contributed by atoms with Crippen LogP contribution in [-0.4, -0.2) is 35.8 Å². The van der Waals surface area contributed by atoms with Crippen molar-refractivity contribution in [1.29, 1.82) is 0 Å². The first-order valence-electron chi connectivity index (χ1n) is 7.40. The maximum atomic E-state index is 12.1. The van der Waals surface area contributed by atoms with Crippen LogP contribution >= 0.6 is 0 Å². The second-order valence-electron chi connectivity index (χ2n) is 5.63. The molecular weight excluding hydrogens is 240 g/mol. The van der Waals surface area contributed by atoms with Gasteiger partial charge in [0.15, 0.2) is 0 Å². The van der Waals surface area contributed by atoms with E-state index in [1.165, 1.54) is 25.7 Å². The molecule has 4 heteroatoms. The Balaban J connectivity index is 1.90. The van der Waals surface area contributed by atoms with Gasteiger partial charge < -0.3 is 10.2 Å². The van der Waals surface area contributed by atoms with E-state index in [0.29, 0.717) is 25.6 Å². The zero-order chi connectivity index (χ0) is 13.7. The molecule has 0 radical (unpaired) electrons. The molecule has 19 heavy (non-hydrogen) atoms. The Labute approximate surface area is 115 Å². The van der Waals surface area contributed by atoms with Gasteiger partial charge in [0.05, 0.1) is 5.92 Å². The summed E-state index contributed by atoms with van der Waals surface area (Å²) in [6, 6.07) is 0.368. The number of nitrogens with one attached hydrogen (secondary N) is 1. The highest BCUT2D eigenvalue weighted by Gasteiger charge is 2.37. The van der Waals surface area contributed by atoms with Gasteiger partial charge in [-0.05, 0) is 12.8 Å². The average molecular weight is 264 g/mol. The Morgan fingerprint density at radius 2 is 2.00 bits per heavy atom. The lowest BCUT2D eigenvalue weighted by atomic mass is 10.1. The number of hydrogen-bond acceptors (Lipinski definition) is 2. The van der Waals surface area contributed by atoms with Gasteiger partial charge in [-0.15, -0.1) is 6.58 Å². The second-order valence-corrected chi connectivity index (χ2v) is 5.63. The lowest BCUT2D eigenvalue weighted by Crippen LogP contribution is -2.38. The van der Waals surface area contributed by atoms with Crippen LogP contribution in [0.15, 0.2) is 12.7 Å². The highest BCUT2D eigenvalue weighted by atomic mass is 16.2. The molecule has 1 atom stereocenters. The quantitative estimate of drug-likeness (QED) is 0.622. The molecule has 0 aromatic heterocycles. The van der Waals surface area contributed by atoms with E-state index in [-0.39, 0.29) is 17.7 Å². The molecule has 1 aliphatic carbocycles. The smallest absolute Gasteiger partial charge is 0.225 e. The Morgan fingerprint density at radius 1 is 1.32 bits per heavy atom. The molecule has 1 unspecified atom stereocenters. The summed E-state index contributed by atoms with van der Waals surface area (Å²) in [5, 5.41) is 2.79. The van der Waals surface area contributed by atoms with Crippen LogP contribution in [0.3, 0.4) is 0 Å². The minimum atomic E-state index is -0.171. The number of likely N-dealkylation sites (tertiary alicyclic amines) is 1. The van der Waals surface area contributed by atoms with E-state index < -0.39 is 0 Å². The summed E-state index contributed by atoms with van der Waals surface area (Å²) in [5.41, 5.74) is 0. The standard InChI is InChI=1S/C15H24N2O2/c1-2-9-16-15(19)12-10-14(18)17(11-12)13-7-5-3-4-6-8-13/h2,12-13H,1,3-11H2,(H,16,19). The number of carbonyl (C=O) groups excluding carboxylic acids is 2. The summed E-state index contributed by atoms with van der Waals surface area (Å²) in [6.07, 6.45) is 9.23. The predicted octanol–water partition coefficient (Wildman–Crippen LogP) is 1.86. The maximum Gasteiger partial charge on any atom is 0.225 e. The highest BCUT2D eigenvalue weighted by Crippen LogP contribution is 2.28. The van der Waals surface area contributed by atoms with Crippen LogP contribution in [0.4, 0.5) is 0 Å². The molecule has 0 bridgehead atoms. The third kappa shape index (κ3) is 3.58. The van der Waals surface area contributed by atoms with Crippen LogP contribution in [-0.2, 0) is 9.59 Å². The monoisotopic (exact) mass is 264 g/mol. The molecule has 2 amide bonds. The Hall–Kier alpha value is -1.32. The lowest BCUT2D eigenvalue weighted by Gasteiger charge is -2.27. The van der Waals surface area contributed by atoms with Crippen LogP contribution in [0.25, 0.3) is 0 Å². The molecule has 2 fully saturated rings. The molecule has 0 spiro atoms. The molecule has 1 saturated heterocycles. The molecule has 106 valence electrons. The second kappa shape index (κ2) is 6.73. The predicted molar refractivity (Wildman–Crippen MR) is 74.5 cm³/mol. The third-order valence-corrected chi connectivity index (χ3v) is 4.22. The van der Waals surface area contributed by atoms with E-state index in [1.807, 2.05) is 4.90 Å². The first-order chi connectivity index (χ1) is 9.22. The van der Waals surface area contributed by atoms with Crippen LogP contribution in [0.2, 0.25) is 0 Å². The fraction of sp³-hybridized carbons (Fsp3) is 0.733. The molecule has 0 aromatic carbocycles. The zero-order valence-electron chi connectivity index (χ0n) is 11.6. The molecule has 1 aliphatic heterocycles. The van der Waals surface area contributed by atoms with Crippen LogP contribution in [0.5, 0.6) is 0 Å². The zero-order valence-corrected chi connectivity index (χ0v) is 11.6. The van der Waals surface area contributed by atoms with E-state index in [4.69, 9.17) is 0 Å². The normalized spacial score (nSPS) is 25.2. The summed E-state index contributed by atoms with van der Waals surface area (Å²) in [7, 11) is 0. The van der Waals surface area contributed by atoms with Crippen molar-refractivity contribution in [3.05, 3.63) is 12.7 Å². The lowest BCUT2D eigenvalue weighted by molar-refractivity contribution is -0.130. The molecule has 2 rings (SSSR count). The summed E-state index contributed by atoms with van der Waals surface area (Å²) in [5.74, 6) is -0.0225. The van der Waals surface area contributed by atoms with Gasteiger partial charge >= 0.3 is 0 Å². The van der Waals surface area contributed by atoms with E-state index in [2.05, 4.69) is 11.9 Å². The highest BCUT2D eigenvalue weighted by molar-refractivity contribution is 5.89. The number of amides is 2. The Kier molecular flexibility index (Phi) is 5.00. The van der Waals surface area contributed by atoms with Crippen molar-refractivity contribution in [2.45, 2.75) is 51.0 Å². The van der Waals surface area contributed by atoms with E-state index in [0.717, 1.165) is 12.8 Å². The van der Waals surface area contributed by atoms with Gasteiger partial charge in [0, 0.05) is 25.6 Å². The van der Waals surface area contributed by atoms with Crippen LogP contribution in [0.1, 0.15) is 44.9 Å². The molecule has 1 N–H and O–H groups in total. The molecule has 1 saturated carbocycles. The van der Waals surface area contributed by atoms with Crippen molar-refractivity contribution >= 4 is 11.8 Å². The summed E-state index contributed by atoms with van der Waals surface area (Å²) < 4.78 is 0. The SMILES string of the molecule is C=CCNC(=O)C1CC(=O)N(C2CCCCCC2)C1. The van der Waals surface area contributed by atoms with Crippen molar-refractivity contribution in [3.8, 4) is 0 Å². The molecule has 0 aromatic rings. The molecular formula is C15H24N2O2. The van der Waals surface area contributed by atoms with Gasteiger partial charge in [0.1, 0.15) is 0 Å². The van der Waals surface area contributed by atoms with E-state index in [1.54, 1.807) is 6.08 Å². The fourth-order valence-corrected chi connectivity index (χ4v) is 3.15. The maximum absolute atomic E-state index is 12.1. The van der Waals surface area contributed by atoms with Crippen LogP contribution < -0.4 is 5.32 Å². The van der Waals surface area contributed by atoms with E-state index >= 15 is 0 Å². The number of hydrogen-bond donors (Lipinski definition) is 1. The van der Waals surface area contributed by atoms with Gasteiger partial charge in [-0.1, -0.05) is 31.8 Å². The van der Waals surface area contributed by atoms with Gasteiger partial charge in [0.25, 0.3) is 0 Å². The summed E-state index contributed by atoms with van der Waals surface area (Å²) >= 11 is 0. The third-order valence-electron chi connectivity index (χ3n) is 4.22. The molecule has 1 heterocycles. The molecule has 2 aliphatic rings. The van der Waals surface area contributed by atoms with Crippen molar-refractivity contribution in [2.24, 2.45) is 5.92 Å². The van der Waals surface area contributed by atoms with Crippen molar-refractivity contribution in [3.63, 3.8) is 0 Å². The molecule has 4 nitrogen and oxygen atoms in total. The first kappa shape index (κ1) is 14.1. The van der Waals surface area contributed by atoms with E-state index in [9.17, 15) is 9.59 Å². The topological polar surface area (TPSA) is 49.4 Å². The average Bonchev–Trinajstić information content (AvgIpc) is 2.64. The minimum absolute atomic E-state index is 0.00984. The van der Waals surface area contributed by atoms with Crippen molar-refractivity contribution in [1.82, 2.24) is 10.2 Å². The summed E-state index contributed by atoms with van der Waals surface area (Å²) in [4.78, 5) is 26.0. The van der Waals surface area contributed by atoms with Gasteiger partial charge in [-0.3, -0.25) is 9.59 Å². The number of nitrogens with zero attached hydrogens (tertiary/aromatic N) is 1. The van der Waals surface area contributed by atoms with Gasteiger partial charge in [0.2, 0.25) is 11.8 Å². The fourth-order valence-electron chi connectivity index (χ4n) is 3.15. The van der Waals surface area contributed by atoms with Gasteiger partial charge in [-0.2, -0.15) is 0 Å². The Bertz CT molecular complexity index is 346. The van der Waals surface area contributed by atoms with Gasteiger partial charge in [-0.25, -0.2) is 0 Å². The van der Waals surface area contributed by atoms with Crippen LogP contribution in [0, 0.1) is 5.92 Å². The summed E-state index contributed by atoms with van der Waals surface area (Å²) in [6.45, 7) is 4.66. The first-order valence-corrected chi connectivity index (χ1v) is 7.40. The number of carbonyl (C=O) groups is 2.